The van der Waals surface area contributed by atoms with Gasteiger partial charge in [-0.3, -0.25) is 4.79 Å². The Morgan fingerprint density at radius 3 is 3.06 bits per heavy atom. The first-order valence-electron chi connectivity index (χ1n) is 6.70. The molecular weight excluding hydrogens is 224 g/mol. The first-order valence-corrected chi connectivity index (χ1v) is 6.70. The van der Waals surface area contributed by atoms with Crippen molar-refractivity contribution in [2.24, 2.45) is 0 Å². The summed E-state index contributed by atoms with van der Waals surface area (Å²) in [4.78, 5) is 12.4. The maximum absolute atomic E-state index is 12.4. The van der Waals surface area contributed by atoms with Gasteiger partial charge in [-0.2, -0.15) is 0 Å². The lowest BCUT2D eigenvalue weighted by Gasteiger charge is -2.08. The van der Waals surface area contributed by atoms with Gasteiger partial charge in [0.05, 0.1) is 5.52 Å². The highest BCUT2D eigenvalue weighted by Crippen LogP contribution is 2.25. The topological polar surface area (TPSA) is 34.0 Å². The van der Waals surface area contributed by atoms with Gasteiger partial charge in [-0.15, -0.1) is 0 Å². The molecule has 1 aromatic heterocycles. The van der Waals surface area contributed by atoms with Crippen molar-refractivity contribution in [2.75, 3.05) is 0 Å². The van der Waals surface area contributed by atoms with Gasteiger partial charge >= 0.3 is 0 Å². The first-order chi connectivity index (χ1) is 8.83. The van der Waals surface area contributed by atoms with Crippen LogP contribution in [0.15, 0.2) is 29.1 Å². The molecule has 1 fully saturated rings. The molecule has 0 amide bonds. The number of nitrogens with zero attached hydrogens (tertiary/aromatic N) is 1. The van der Waals surface area contributed by atoms with Crippen molar-refractivity contribution in [3.05, 3.63) is 45.7 Å². The molecule has 0 unspecified atom stereocenters. The molecule has 0 spiro atoms. The van der Waals surface area contributed by atoms with Gasteiger partial charge in [0.25, 0.3) is 5.56 Å². The molecule has 0 radical (unpaired) electrons. The summed E-state index contributed by atoms with van der Waals surface area (Å²) in [6.07, 6.45) is 3.50. The van der Waals surface area contributed by atoms with Crippen LogP contribution in [0.2, 0.25) is 0 Å². The zero-order chi connectivity index (χ0) is 12.1. The largest absolute Gasteiger partial charge is 0.310 e. The average Bonchev–Trinajstić information content (AvgIpc) is 3.11. The fourth-order valence-corrected chi connectivity index (χ4v) is 2.90. The van der Waals surface area contributed by atoms with Crippen molar-refractivity contribution >= 4 is 10.9 Å². The van der Waals surface area contributed by atoms with E-state index in [-0.39, 0.29) is 5.56 Å². The number of benzene rings is 1. The molecule has 3 heteroatoms. The zero-order valence-electron chi connectivity index (χ0n) is 10.3. The molecule has 1 aliphatic carbocycles. The smallest absolute Gasteiger partial charge is 0.255 e. The molecule has 3 nitrogen and oxygen atoms in total. The number of hydrogen-bond acceptors (Lipinski definition) is 2. The van der Waals surface area contributed by atoms with Crippen molar-refractivity contribution in [1.82, 2.24) is 9.88 Å². The van der Waals surface area contributed by atoms with Crippen LogP contribution in [-0.4, -0.2) is 10.6 Å². The predicted molar refractivity (Wildman–Crippen MR) is 71.8 cm³/mol. The molecule has 2 heterocycles. The molecule has 18 heavy (non-hydrogen) atoms. The fraction of sp³-hybridized carbons (Fsp3) is 0.400. The van der Waals surface area contributed by atoms with Crippen molar-refractivity contribution in [1.29, 1.82) is 0 Å². The van der Waals surface area contributed by atoms with Crippen molar-refractivity contribution in [3.63, 3.8) is 0 Å². The van der Waals surface area contributed by atoms with Gasteiger partial charge in [0, 0.05) is 24.7 Å². The molecule has 0 atom stereocenters. The van der Waals surface area contributed by atoms with E-state index in [1.807, 2.05) is 4.57 Å². The summed E-state index contributed by atoms with van der Waals surface area (Å²) < 4.78 is 1.95. The van der Waals surface area contributed by atoms with Gasteiger partial charge in [0.2, 0.25) is 0 Å². The van der Waals surface area contributed by atoms with E-state index < -0.39 is 0 Å². The van der Waals surface area contributed by atoms with Gasteiger partial charge in [-0.1, -0.05) is 18.2 Å². The van der Waals surface area contributed by atoms with Crippen LogP contribution in [0.4, 0.5) is 0 Å². The molecular formula is C15H16N2O. The lowest BCUT2D eigenvalue weighted by molar-refractivity contribution is 0.665. The van der Waals surface area contributed by atoms with Gasteiger partial charge in [0.15, 0.2) is 0 Å². The molecule has 2 aliphatic rings. The molecule has 1 saturated carbocycles. The maximum atomic E-state index is 12.4. The highest BCUT2D eigenvalue weighted by molar-refractivity contribution is 5.84. The van der Waals surface area contributed by atoms with Crippen molar-refractivity contribution in [2.45, 2.75) is 38.4 Å². The minimum Gasteiger partial charge on any atom is -0.310 e. The third-order valence-corrected chi connectivity index (χ3v) is 4.03. The summed E-state index contributed by atoms with van der Waals surface area (Å²) in [5, 5.41) is 4.64. The fourth-order valence-electron chi connectivity index (χ4n) is 2.90. The Balaban J connectivity index is 1.85. The number of para-hydroxylation sites is 1. The van der Waals surface area contributed by atoms with Crippen LogP contribution in [0.3, 0.4) is 0 Å². The summed E-state index contributed by atoms with van der Waals surface area (Å²) in [5.74, 6) is 0. The van der Waals surface area contributed by atoms with Crippen molar-refractivity contribution < 1.29 is 0 Å². The van der Waals surface area contributed by atoms with E-state index in [1.165, 1.54) is 23.8 Å². The van der Waals surface area contributed by atoms with Crippen LogP contribution in [0.1, 0.15) is 24.0 Å². The van der Waals surface area contributed by atoms with Crippen LogP contribution in [0, 0.1) is 0 Å². The Kier molecular flexibility index (Phi) is 2.12. The second-order valence-corrected chi connectivity index (χ2v) is 5.39. The second kappa shape index (κ2) is 3.69. The molecule has 4 rings (SSSR count). The lowest BCUT2D eigenvalue weighted by atomic mass is 10.1. The highest BCUT2D eigenvalue weighted by atomic mass is 16.1. The standard InChI is InChI=1S/C15H16N2O/c18-15-12(9-16-13-4-5-13)8-11-3-1-2-10-6-7-17(15)14(10)11/h1-3,8,13,16H,4-7,9H2. The summed E-state index contributed by atoms with van der Waals surface area (Å²) in [6, 6.07) is 9.05. The number of aromatic nitrogens is 1. The van der Waals surface area contributed by atoms with Crippen LogP contribution in [0.5, 0.6) is 0 Å². The third-order valence-electron chi connectivity index (χ3n) is 4.03. The minimum absolute atomic E-state index is 0.195. The van der Waals surface area contributed by atoms with Crippen LogP contribution in [-0.2, 0) is 19.5 Å². The number of aryl methyl sites for hydroxylation is 2. The Morgan fingerprint density at radius 1 is 1.33 bits per heavy atom. The number of nitrogens with one attached hydrogen (secondary N) is 1. The quantitative estimate of drug-likeness (QED) is 0.887. The lowest BCUT2D eigenvalue weighted by Crippen LogP contribution is -2.27. The SMILES string of the molecule is O=c1c(CNC2CC2)cc2cccc3c2n1CC3. The van der Waals surface area contributed by atoms with Gasteiger partial charge in [-0.25, -0.2) is 0 Å². The molecule has 2 aromatic rings. The number of hydrogen-bond donors (Lipinski definition) is 1. The van der Waals surface area contributed by atoms with Gasteiger partial charge < -0.3 is 9.88 Å². The van der Waals surface area contributed by atoms with Crippen LogP contribution >= 0.6 is 0 Å². The Morgan fingerprint density at radius 2 is 2.22 bits per heavy atom. The Bertz CT molecular complexity index is 683. The number of pyridine rings is 1. The number of rotatable bonds is 3. The summed E-state index contributed by atoms with van der Waals surface area (Å²) in [7, 11) is 0. The zero-order valence-corrected chi connectivity index (χ0v) is 10.3. The van der Waals surface area contributed by atoms with E-state index >= 15 is 0 Å². The molecule has 0 saturated heterocycles. The summed E-state index contributed by atoms with van der Waals surface area (Å²) >= 11 is 0. The van der Waals surface area contributed by atoms with E-state index in [0.29, 0.717) is 12.6 Å². The maximum Gasteiger partial charge on any atom is 0.255 e. The monoisotopic (exact) mass is 240 g/mol. The van der Waals surface area contributed by atoms with E-state index in [4.69, 9.17) is 0 Å². The second-order valence-electron chi connectivity index (χ2n) is 5.39. The van der Waals surface area contributed by atoms with Gasteiger partial charge in [-0.05, 0) is 36.3 Å². The Hall–Kier alpha value is -1.61. The normalized spacial score (nSPS) is 17.6. The van der Waals surface area contributed by atoms with E-state index in [1.54, 1.807) is 0 Å². The highest BCUT2D eigenvalue weighted by Gasteiger charge is 2.22. The molecule has 1 aromatic carbocycles. The third kappa shape index (κ3) is 1.51. The van der Waals surface area contributed by atoms with Crippen LogP contribution in [0.25, 0.3) is 10.9 Å². The van der Waals surface area contributed by atoms with Crippen LogP contribution < -0.4 is 10.9 Å². The molecule has 0 bridgehead atoms. The van der Waals surface area contributed by atoms with Crippen molar-refractivity contribution in [3.8, 4) is 0 Å². The summed E-state index contributed by atoms with van der Waals surface area (Å²) in [5.41, 5.74) is 3.57. The molecule has 1 aliphatic heterocycles. The van der Waals surface area contributed by atoms with Gasteiger partial charge in [0.1, 0.15) is 0 Å². The molecule has 92 valence electrons. The van der Waals surface area contributed by atoms with E-state index in [2.05, 4.69) is 29.6 Å². The minimum atomic E-state index is 0.195. The first kappa shape index (κ1) is 10.3. The Labute approximate surface area is 105 Å². The molecule has 1 N–H and O–H groups in total. The predicted octanol–water partition coefficient (Wildman–Crippen LogP) is 1.81. The average molecular weight is 240 g/mol. The summed E-state index contributed by atoms with van der Waals surface area (Å²) in [6.45, 7) is 1.55. The van der Waals surface area contributed by atoms with E-state index in [0.717, 1.165) is 24.0 Å². The van der Waals surface area contributed by atoms with E-state index in [9.17, 15) is 4.79 Å².